The summed E-state index contributed by atoms with van der Waals surface area (Å²) < 4.78 is 15.4. The molecule has 2 aromatic rings. The third kappa shape index (κ3) is 6.03. The summed E-state index contributed by atoms with van der Waals surface area (Å²) in [4.78, 5) is 17.2. The quantitative estimate of drug-likeness (QED) is 0.588. The Balaban J connectivity index is 1.52. The summed E-state index contributed by atoms with van der Waals surface area (Å²) in [6, 6.07) is 8.18. The lowest BCUT2D eigenvalue weighted by atomic mass is 9.95. The first kappa shape index (κ1) is 22.2. The number of para-hydroxylation sites is 1. The number of methoxy groups -OCH3 is 2. The number of nitrogens with zero attached hydrogens (tertiary/aromatic N) is 4. The Morgan fingerprint density at radius 2 is 2.00 bits per heavy atom. The van der Waals surface area contributed by atoms with Crippen LogP contribution in [-0.2, 0) is 22.5 Å². The number of carbonyl (C=O) groups excluding carboxylic acids is 1. The Labute approximate surface area is 178 Å². The van der Waals surface area contributed by atoms with E-state index in [1.807, 2.05) is 17.0 Å². The number of aryl methyl sites for hydroxylation is 1. The van der Waals surface area contributed by atoms with E-state index in [-0.39, 0.29) is 12.3 Å². The second-order valence-electron chi connectivity index (χ2n) is 7.84. The molecule has 0 saturated carbocycles. The smallest absolute Gasteiger partial charge is 0.228 e. The lowest BCUT2D eigenvalue weighted by Gasteiger charge is -2.35. The molecule has 0 aliphatic carbocycles. The van der Waals surface area contributed by atoms with Crippen molar-refractivity contribution >= 4 is 5.91 Å². The van der Waals surface area contributed by atoms with Gasteiger partial charge in [0.1, 0.15) is 17.1 Å². The lowest BCUT2D eigenvalue weighted by Crippen LogP contribution is -2.42. The summed E-state index contributed by atoms with van der Waals surface area (Å²) in [5.74, 6) is 1.46. The molecular weight excluding hydrogens is 384 g/mol. The highest BCUT2D eigenvalue weighted by molar-refractivity contribution is 5.78. The van der Waals surface area contributed by atoms with Crippen LogP contribution in [0, 0.1) is 12.8 Å². The van der Waals surface area contributed by atoms with Gasteiger partial charge in [-0.2, -0.15) is 0 Å². The summed E-state index contributed by atoms with van der Waals surface area (Å²) >= 11 is 0. The van der Waals surface area contributed by atoms with Gasteiger partial charge in [0.15, 0.2) is 0 Å². The molecule has 0 unspecified atom stereocenters. The Morgan fingerprint density at radius 1 is 1.23 bits per heavy atom. The van der Waals surface area contributed by atoms with Crippen molar-refractivity contribution < 1.29 is 18.9 Å². The first-order valence-corrected chi connectivity index (χ1v) is 10.5. The Bertz CT molecular complexity index is 802. The maximum Gasteiger partial charge on any atom is 0.228 e. The molecule has 2 heterocycles. The molecular formula is C22H32N4O4. The summed E-state index contributed by atoms with van der Waals surface area (Å²) in [5, 5.41) is 7.61. The molecule has 164 valence electrons. The van der Waals surface area contributed by atoms with Gasteiger partial charge in [-0.15, -0.1) is 0 Å². The number of hydrogen-bond acceptors (Lipinski definition) is 7. The third-order valence-corrected chi connectivity index (χ3v) is 5.76. The van der Waals surface area contributed by atoms with Crippen LogP contribution >= 0.6 is 0 Å². The molecule has 1 aromatic heterocycles. The van der Waals surface area contributed by atoms with E-state index in [4.69, 9.17) is 14.1 Å². The number of aromatic nitrogens is 2. The highest BCUT2D eigenvalue weighted by atomic mass is 16.6. The molecule has 0 N–H and O–H groups in total. The first-order valence-electron chi connectivity index (χ1n) is 10.5. The minimum atomic E-state index is 0.0438. The van der Waals surface area contributed by atoms with Crippen molar-refractivity contribution in [1.82, 2.24) is 20.1 Å². The second kappa shape index (κ2) is 11.1. The van der Waals surface area contributed by atoms with E-state index in [2.05, 4.69) is 27.3 Å². The van der Waals surface area contributed by atoms with Crippen molar-refractivity contribution in [2.45, 2.75) is 32.7 Å². The summed E-state index contributed by atoms with van der Waals surface area (Å²) in [6.45, 7) is 6.57. The fraction of sp³-hybridized carbons (Fsp3) is 0.591. The Hall–Kier alpha value is -2.45. The fourth-order valence-electron chi connectivity index (χ4n) is 3.90. The van der Waals surface area contributed by atoms with Crippen LogP contribution in [0.3, 0.4) is 0 Å². The third-order valence-electron chi connectivity index (χ3n) is 5.76. The monoisotopic (exact) mass is 416 g/mol. The van der Waals surface area contributed by atoms with E-state index >= 15 is 0 Å². The van der Waals surface area contributed by atoms with Crippen LogP contribution in [0.4, 0.5) is 0 Å². The molecule has 0 atom stereocenters. The summed E-state index contributed by atoms with van der Waals surface area (Å²) in [6.07, 6.45) is 2.35. The topological polar surface area (TPSA) is 80.9 Å². The van der Waals surface area contributed by atoms with Gasteiger partial charge in [0.05, 0.1) is 20.1 Å². The van der Waals surface area contributed by atoms with Crippen molar-refractivity contribution in [3.63, 3.8) is 0 Å². The molecule has 1 fully saturated rings. The van der Waals surface area contributed by atoms with Crippen LogP contribution in [0.5, 0.6) is 5.75 Å². The largest absolute Gasteiger partial charge is 0.496 e. The lowest BCUT2D eigenvalue weighted by molar-refractivity contribution is -0.132. The van der Waals surface area contributed by atoms with E-state index in [1.54, 1.807) is 21.1 Å². The number of amides is 1. The summed E-state index contributed by atoms with van der Waals surface area (Å²) in [7, 11) is 3.37. The molecule has 0 radical (unpaired) electrons. The predicted octanol–water partition coefficient (Wildman–Crippen LogP) is 2.32. The maximum atomic E-state index is 12.9. The van der Waals surface area contributed by atoms with Gasteiger partial charge < -0.3 is 14.4 Å². The van der Waals surface area contributed by atoms with Gasteiger partial charge in [-0.1, -0.05) is 28.5 Å². The van der Waals surface area contributed by atoms with E-state index in [0.717, 1.165) is 44.8 Å². The zero-order chi connectivity index (χ0) is 21.3. The van der Waals surface area contributed by atoms with Crippen LogP contribution in [0.15, 0.2) is 28.9 Å². The van der Waals surface area contributed by atoms with Gasteiger partial charge >= 0.3 is 0 Å². The van der Waals surface area contributed by atoms with E-state index in [9.17, 15) is 4.79 Å². The molecule has 1 amide bonds. The number of carbonyl (C=O) groups is 1. The summed E-state index contributed by atoms with van der Waals surface area (Å²) in [5.41, 5.74) is 2.49. The van der Waals surface area contributed by atoms with E-state index in [1.165, 1.54) is 5.56 Å². The number of piperidine rings is 1. The van der Waals surface area contributed by atoms with Gasteiger partial charge in [-0.05, 0) is 44.8 Å². The number of rotatable bonds is 10. The number of benzene rings is 1. The van der Waals surface area contributed by atoms with Gasteiger partial charge in [-0.3, -0.25) is 9.69 Å². The molecule has 30 heavy (non-hydrogen) atoms. The molecule has 0 spiro atoms. The van der Waals surface area contributed by atoms with Crippen molar-refractivity contribution in [2.75, 3.05) is 47.0 Å². The fourth-order valence-corrected chi connectivity index (χ4v) is 3.90. The highest BCUT2D eigenvalue weighted by Crippen LogP contribution is 2.24. The minimum Gasteiger partial charge on any atom is -0.496 e. The molecule has 8 nitrogen and oxygen atoms in total. The highest BCUT2D eigenvalue weighted by Gasteiger charge is 2.25. The normalized spacial score (nSPS) is 15.3. The molecule has 1 aromatic carbocycles. The predicted molar refractivity (Wildman–Crippen MR) is 112 cm³/mol. The van der Waals surface area contributed by atoms with Crippen LogP contribution in [0.25, 0.3) is 0 Å². The van der Waals surface area contributed by atoms with Crippen LogP contribution < -0.4 is 4.74 Å². The van der Waals surface area contributed by atoms with Crippen molar-refractivity contribution in [3.05, 3.63) is 41.2 Å². The second-order valence-corrected chi connectivity index (χ2v) is 7.84. The van der Waals surface area contributed by atoms with Crippen LogP contribution in [-0.4, -0.2) is 73.0 Å². The Kier molecular flexibility index (Phi) is 8.21. The standard InChI is InChI=1S/C22H32N4O4/c1-17-20(24-30-23-17)14-22(27)26(12-13-28-2)15-18-8-10-25(11-9-18)16-19-6-4-5-7-21(19)29-3/h4-7,18H,8-16H2,1-3H3. The molecule has 1 aliphatic heterocycles. The number of likely N-dealkylation sites (tertiary alicyclic amines) is 1. The first-order chi connectivity index (χ1) is 14.6. The molecule has 3 rings (SSSR count). The van der Waals surface area contributed by atoms with E-state index in [0.29, 0.717) is 30.5 Å². The SMILES string of the molecule is COCCN(CC1CCN(Cc2ccccc2OC)CC1)C(=O)Cc1nonc1C. The average Bonchev–Trinajstić information content (AvgIpc) is 3.17. The van der Waals surface area contributed by atoms with Gasteiger partial charge in [0.25, 0.3) is 0 Å². The van der Waals surface area contributed by atoms with E-state index < -0.39 is 0 Å². The van der Waals surface area contributed by atoms with Gasteiger partial charge in [0.2, 0.25) is 5.91 Å². The Morgan fingerprint density at radius 3 is 2.67 bits per heavy atom. The van der Waals surface area contributed by atoms with Crippen LogP contribution in [0.2, 0.25) is 0 Å². The maximum absolute atomic E-state index is 12.9. The number of ether oxygens (including phenoxy) is 2. The van der Waals surface area contributed by atoms with Crippen molar-refractivity contribution in [3.8, 4) is 5.75 Å². The van der Waals surface area contributed by atoms with Crippen LogP contribution in [0.1, 0.15) is 29.8 Å². The molecule has 0 bridgehead atoms. The van der Waals surface area contributed by atoms with Crippen molar-refractivity contribution in [2.24, 2.45) is 5.92 Å². The zero-order valence-electron chi connectivity index (χ0n) is 18.2. The van der Waals surface area contributed by atoms with Gasteiger partial charge in [-0.25, -0.2) is 4.63 Å². The van der Waals surface area contributed by atoms with Crippen molar-refractivity contribution in [1.29, 1.82) is 0 Å². The van der Waals surface area contributed by atoms with Gasteiger partial charge in [0, 0.05) is 32.3 Å². The molecule has 1 aliphatic rings. The average molecular weight is 417 g/mol. The minimum absolute atomic E-state index is 0.0438. The molecule has 8 heteroatoms. The zero-order valence-corrected chi connectivity index (χ0v) is 18.2. The number of hydrogen-bond donors (Lipinski definition) is 0. The molecule has 1 saturated heterocycles.